The average Bonchev–Trinajstić information content (AvgIpc) is 3.23. The van der Waals surface area contributed by atoms with E-state index in [4.69, 9.17) is 9.68 Å². The lowest BCUT2D eigenvalue weighted by Crippen LogP contribution is -2.38. The van der Waals surface area contributed by atoms with Crippen LogP contribution in [0.2, 0.25) is 0 Å². The minimum absolute atomic E-state index is 0.196. The topological polar surface area (TPSA) is 116 Å². The van der Waals surface area contributed by atoms with Crippen LogP contribution in [0.5, 0.6) is 0 Å². The van der Waals surface area contributed by atoms with Crippen molar-refractivity contribution in [1.29, 1.82) is 5.26 Å². The van der Waals surface area contributed by atoms with Crippen LogP contribution in [-0.4, -0.2) is 36.7 Å². The maximum Gasteiger partial charge on any atom is 0.287 e. The Bertz CT molecular complexity index is 1190. The fraction of sp³-hybridized carbons (Fsp3) is 0.318. The second-order valence-electron chi connectivity index (χ2n) is 7.56. The quantitative estimate of drug-likeness (QED) is 0.632. The van der Waals surface area contributed by atoms with Gasteiger partial charge in [0.25, 0.3) is 5.91 Å². The van der Waals surface area contributed by atoms with Gasteiger partial charge in [-0.15, -0.1) is 0 Å². The molecule has 0 atom stereocenters. The third-order valence-electron chi connectivity index (χ3n) is 5.51. The van der Waals surface area contributed by atoms with Crippen molar-refractivity contribution in [2.45, 2.75) is 30.7 Å². The van der Waals surface area contributed by atoms with Gasteiger partial charge in [0, 0.05) is 37.6 Å². The molecule has 1 aromatic carbocycles. The van der Waals surface area contributed by atoms with Gasteiger partial charge in [-0.05, 0) is 48.6 Å². The van der Waals surface area contributed by atoms with E-state index in [0.717, 1.165) is 10.9 Å². The standard InChI is InChI=1S/C22H22N4O4S/c23-9-5-16-7-11-26(12-8-16)31(28,29)19-3-1-17(2-4-19)14-25-22(27)20-13-18-6-10-24-15-21(18)30-20/h1-4,6,10,13,15-16H,5,7-8,11-12,14H2,(H,25,27). The number of aromatic nitrogens is 1. The van der Waals surface area contributed by atoms with E-state index in [1.807, 2.05) is 0 Å². The molecule has 3 heterocycles. The Morgan fingerprint density at radius 1 is 1.23 bits per heavy atom. The second kappa shape index (κ2) is 8.88. The number of rotatable bonds is 6. The van der Waals surface area contributed by atoms with Crippen LogP contribution < -0.4 is 5.32 Å². The Morgan fingerprint density at radius 2 is 1.97 bits per heavy atom. The lowest BCUT2D eigenvalue weighted by molar-refractivity contribution is 0.0925. The highest BCUT2D eigenvalue weighted by molar-refractivity contribution is 7.89. The molecule has 2 aromatic heterocycles. The Kier molecular flexibility index (Phi) is 6.02. The van der Waals surface area contributed by atoms with Gasteiger partial charge in [-0.3, -0.25) is 9.78 Å². The van der Waals surface area contributed by atoms with Crippen LogP contribution in [0.15, 0.2) is 58.1 Å². The summed E-state index contributed by atoms with van der Waals surface area (Å²) in [6.07, 6.45) is 5.06. The second-order valence-corrected chi connectivity index (χ2v) is 9.50. The number of hydrogen-bond donors (Lipinski definition) is 1. The van der Waals surface area contributed by atoms with E-state index in [-0.39, 0.29) is 29.0 Å². The van der Waals surface area contributed by atoms with Gasteiger partial charge >= 0.3 is 0 Å². The molecule has 1 amide bonds. The number of benzene rings is 1. The Balaban J connectivity index is 1.36. The van der Waals surface area contributed by atoms with Crippen molar-refractivity contribution in [1.82, 2.24) is 14.6 Å². The van der Waals surface area contributed by atoms with Gasteiger partial charge in [0.1, 0.15) is 0 Å². The Morgan fingerprint density at radius 3 is 2.65 bits per heavy atom. The monoisotopic (exact) mass is 438 g/mol. The summed E-state index contributed by atoms with van der Waals surface area (Å²) in [5, 5.41) is 12.4. The summed E-state index contributed by atoms with van der Waals surface area (Å²) in [6, 6.07) is 12.1. The van der Waals surface area contributed by atoms with Crippen molar-refractivity contribution < 1.29 is 17.6 Å². The number of pyridine rings is 1. The number of piperidine rings is 1. The van der Waals surface area contributed by atoms with Gasteiger partial charge < -0.3 is 9.73 Å². The van der Waals surface area contributed by atoms with Gasteiger partial charge in [-0.25, -0.2) is 8.42 Å². The first-order valence-corrected chi connectivity index (χ1v) is 11.5. The predicted octanol–water partition coefficient (Wildman–Crippen LogP) is 3.07. The van der Waals surface area contributed by atoms with Crippen molar-refractivity contribution in [3.63, 3.8) is 0 Å². The van der Waals surface area contributed by atoms with E-state index < -0.39 is 10.0 Å². The fourth-order valence-corrected chi connectivity index (χ4v) is 5.15. The molecular weight excluding hydrogens is 416 g/mol. The van der Waals surface area contributed by atoms with Crippen LogP contribution in [-0.2, 0) is 16.6 Å². The molecule has 0 aliphatic carbocycles. The largest absolute Gasteiger partial charge is 0.449 e. The molecule has 31 heavy (non-hydrogen) atoms. The van der Waals surface area contributed by atoms with E-state index in [2.05, 4.69) is 16.4 Å². The molecule has 0 radical (unpaired) electrons. The number of nitrogens with zero attached hydrogens (tertiary/aromatic N) is 3. The van der Waals surface area contributed by atoms with E-state index >= 15 is 0 Å². The van der Waals surface area contributed by atoms with E-state index in [1.54, 1.807) is 48.8 Å². The first kappa shape index (κ1) is 21.0. The minimum Gasteiger partial charge on any atom is -0.449 e. The zero-order chi connectivity index (χ0) is 21.8. The number of carbonyl (C=O) groups excluding carboxylic acids is 1. The summed E-state index contributed by atoms with van der Waals surface area (Å²) < 4.78 is 32.7. The van der Waals surface area contributed by atoms with E-state index in [9.17, 15) is 13.2 Å². The Labute approximate surface area is 180 Å². The predicted molar refractivity (Wildman–Crippen MR) is 113 cm³/mol. The highest BCUT2D eigenvalue weighted by Gasteiger charge is 2.29. The van der Waals surface area contributed by atoms with Crippen LogP contribution in [0.1, 0.15) is 35.4 Å². The number of fused-ring (bicyclic) bond motifs is 1. The first-order valence-electron chi connectivity index (χ1n) is 10.0. The smallest absolute Gasteiger partial charge is 0.287 e. The average molecular weight is 439 g/mol. The molecule has 8 nitrogen and oxygen atoms in total. The zero-order valence-electron chi connectivity index (χ0n) is 16.8. The molecule has 0 spiro atoms. The fourth-order valence-electron chi connectivity index (χ4n) is 3.68. The maximum absolute atomic E-state index is 12.9. The van der Waals surface area contributed by atoms with Crippen molar-refractivity contribution >= 4 is 26.9 Å². The lowest BCUT2D eigenvalue weighted by atomic mass is 9.95. The molecule has 1 aliphatic heterocycles. The third kappa shape index (κ3) is 4.60. The maximum atomic E-state index is 12.9. The molecule has 1 aliphatic rings. The van der Waals surface area contributed by atoms with Crippen molar-refractivity contribution in [3.8, 4) is 6.07 Å². The molecular formula is C22H22N4O4S. The van der Waals surface area contributed by atoms with Gasteiger partial charge in [0.05, 0.1) is 17.2 Å². The number of hydrogen-bond acceptors (Lipinski definition) is 6. The van der Waals surface area contributed by atoms with E-state index in [1.165, 1.54) is 4.31 Å². The molecule has 1 saturated heterocycles. The van der Waals surface area contributed by atoms with Crippen LogP contribution in [0.25, 0.3) is 11.0 Å². The highest BCUT2D eigenvalue weighted by atomic mass is 32.2. The molecule has 0 bridgehead atoms. The molecule has 0 unspecified atom stereocenters. The van der Waals surface area contributed by atoms with Crippen LogP contribution in [0, 0.1) is 17.2 Å². The number of sulfonamides is 1. The minimum atomic E-state index is -3.56. The molecule has 1 N–H and O–H groups in total. The van der Waals surface area contributed by atoms with Gasteiger partial charge in [-0.2, -0.15) is 9.57 Å². The van der Waals surface area contributed by atoms with Crippen molar-refractivity contribution in [3.05, 3.63) is 60.1 Å². The van der Waals surface area contributed by atoms with Gasteiger partial charge in [0.2, 0.25) is 10.0 Å². The van der Waals surface area contributed by atoms with Gasteiger partial charge in [0.15, 0.2) is 11.3 Å². The third-order valence-corrected chi connectivity index (χ3v) is 7.43. The summed E-state index contributed by atoms with van der Waals surface area (Å²) in [4.78, 5) is 16.5. The SMILES string of the molecule is N#CCC1CCN(S(=O)(=O)c2ccc(CNC(=O)c3cc4ccncc4o3)cc2)CC1. The molecule has 9 heteroatoms. The summed E-state index contributed by atoms with van der Waals surface area (Å²) >= 11 is 0. The Hall–Kier alpha value is -3.22. The molecule has 3 aromatic rings. The summed E-state index contributed by atoms with van der Waals surface area (Å²) in [5.41, 5.74) is 1.32. The summed E-state index contributed by atoms with van der Waals surface area (Å²) in [5.74, 6) is 0.112. The van der Waals surface area contributed by atoms with Gasteiger partial charge in [-0.1, -0.05) is 12.1 Å². The van der Waals surface area contributed by atoms with E-state index in [0.29, 0.717) is 37.9 Å². The van der Waals surface area contributed by atoms with Crippen molar-refractivity contribution in [2.24, 2.45) is 5.92 Å². The van der Waals surface area contributed by atoms with Crippen LogP contribution >= 0.6 is 0 Å². The summed E-state index contributed by atoms with van der Waals surface area (Å²) in [6.45, 7) is 1.10. The molecule has 4 rings (SSSR count). The zero-order valence-corrected chi connectivity index (χ0v) is 17.6. The van der Waals surface area contributed by atoms with Crippen LogP contribution in [0.4, 0.5) is 0 Å². The molecule has 160 valence electrons. The number of nitriles is 1. The number of nitrogens with one attached hydrogen (secondary N) is 1. The first-order chi connectivity index (χ1) is 15.0. The number of amides is 1. The normalized spacial score (nSPS) is 15.6. The highest BCUT2D eigenvalue weighted by Crippen LogP contribution is 2.25. The van der Waals surface area contributed by atoms with Crippen molar-refractivity contribution in [2.75, 3.05) is 13.1 Å². The lowest BCUT2D eigenvalue weighted by Gasteiger charge is -2.30. The molecule has 1 fully saturated rings. The molecule has 0 saturated carbocycles. The number of carbonyl (C=O) groups is 1. The number of furan rings is 1. The van der Waals surface area contributed by atoms with Crippen LogP contribution in [0.3, 0.4) is 0 Å². The summed E-state index contributed by atoms with van der Waals surface area (Å²) in [7, 11) is -3.56.